The number of nitrogens with one attached hydrogen (secondary N) is 2. The van der Waals surface area contributed by atoms with E-state index in [1.165, 1.54) is 10.5 Å². The molecule has 2 N–H and O–H groups in total. The summed E-state index contributed by atoms with van der Waals surface area (Å²) in [6.07, 6.45) is 4.10. The van der Waals surface area contributed by atoms with Crippen LogP contribution in [-0.4, -0.2) is 37.1 Å². The molecule has 48 heavy (non-hydrogen) atoms. The average Bonchev–Trinajstić information content (AvgIpc) is 3.86. The molecule has 0 saturated heterocycles. The fourth-order valence-corrected chi connectivity index (χ4v) is 9.56. The Morgan fingerprint density at radius 3 is 2.15 bits per heavy atom. The molecule has 8 rings (SSSR count). The minimum absolute atomic E-state index is 0.0249. The topological polar surface area (TPSA) is 100 Å². The van der Waals surface area contributed by atoms with Crippen LogP contribution in [0.2, 0.25) is 0 Å². The van der Waals surface area contributed by atoms with Gasteiger partial charge < -0.3 is 10.1 Å². The van der Waals surface area contributed by atoms with Crippen LogP contribution in [-0.2, 0) is 47.7 Å². The summed E-state index contributed by atoms with van der Waals surface area (Å²) in [5, 5.41) is 7.62. The van der Waals surface area contributed by atoms with Gasteiger partial charge in [-0.1, -0.05) is 97.1 Å². The molecule has 0 radical (unpaired) electrons. The smallest absolute Gasteiger partial charge is 0.336 e. The quantitative estimate of drug-likeness (QED) is 0.177. The summed E-state index contributed by atoms with van der Waals surface area (Å²) >= 11 is 0. The number of anilines is 1. The summed E-state index contributed by atoms with van der Waals surface area (Å²) in [7, 11) is -4.22. The van der Waals surface area contributed by atoms with Gasteiger partial charge in [-0.05, 0) is 58.2 Å². The zero-order valence-electron chi connectivity index (χ0n) is 26.4. The van der Waals surface area contributed by atoms with Gasteiger partial charge in [0.15, 0.2) is 9.92 Å². The van der Waals surface area contributed by atoms with E-state index in [1.807, 2.05) is 91.0 Å². The molecule has 0 fully saturated rings. The molecule has 1 unspecified atom stereocenters. The van der Waals surface area contributed by atoms with Crippen LogP contribution in [0.1, 0.15) is 51.8 Å². The normalized spacial score (nSPS) is 17.8. The molecule has 1 aromatic heterocycles. The molecule has 0 saturated carbocycles. The lowest BCUT2D eigenvalue weighted by Gasteiger charge is -2.45. The van der Waals surface area contributed by atoms with Gasteiger partial charge in [-0.25, -0.2) is 27.2 Å². The van der Waals surface area contributed by atoms with Crippen LogP contribution in [0.3, 0.4) is 0 Å². The minimum Gasteiger partial charge on any atom is -0.477 e. The van der Waals surface area contributed by atoms with Crippen LogP contribution in [0.25, 0.3) is 0 Å². The van der Waals surface area contributed by atoms with Crippen molar-refractivity contribution in [3.8, 4) is 5.88 Å². The third-order valence-corrected chi connectivity index (χ3v) is 11.7. The second kappa shape index (κ2) is 11.9. The Labute approximate surface area is 279 Å². The first kappa shape index (κ1) is 30.4. The number of hydrogen-bond donors (Lipinski definition) is 2. The molecule has 8 nitrogen and oxygen atoms in total. The van der Waals surface area contributed by atoms with Crippen molar-refractivity contribution in [2.24, 2.45) is 0 Å². The summed E-state index contributed by atoms with van der Waals surface area (Å²) in [5.74, 6) is 0.226. The molecule has 3 aliphatic rings. The molecule has 0 bridgehead atoms. The first-order chi connectivity index (χ1) is 23.4. The maximum absolute atomic E-state index is 15.7. The molecule has 2 aliphatic carbocycles. The van der Waals surface area contributed by atoms with Gasteiger partial charge in [0.25, 0.3) is 0 Å². The van der Waals surface area contributed by atoms with Crippen molar-refractivity contribution < 1.29 is 18.1 Å². The number of aromatic nitrogens is 2. The van der Waals surface area contributed by atoms with E-state index in [2.05, 4.69) is 16.5 Å². The summed E-state index contributed by atoms with van der Waals surface area (Å²) in [6.45, 7) is 0.930. The maximum Gasteiger partial charge on any atom is 0.336 e. The molecule has 0 spiro atoms. The van der Waals surface area contributed by atoms with Crippen molar-refractivity contribution in [2.75, 3.05) is 11.9 Å². The Morgan fingerprint density at radius 1 is 0.896 bits per heavy atom. The third-order valence-electron chi connectivity index (χ3n) is 9.83. The second-order valence-electron chi connectivity index (χ2n) is 12.7. The zero-order chi connectivity index (χ0) is 32.9. The van der Waals surface area contributed by atoms with Gasteiger partial charge >= 0.3 is 6.03 Å². The monoisotopic (exact) mass is 661 g/mol. The summed E-state index contributed by atoms with van der Waals surface area (Å²) in [4.78, 5) is 15.4. The lowest BCUT2D eigenvalue weighted by atomic mass is 9.77. The summed E-state index contributed by atoms with van der Waals surface area (Å²) in [6, 6.07) is 29.6. The van der Waals surface area contributed by atoms with E-state index in [1.54, 1.807) is 4.68 Å². The Morgan fingerprint density at radius 2 is 1.52 bits per heavy atom. The number of hydrogen-bond acceptors (Lipinski definition) is 5. The number of halogens is 1. The first-order valence-electron chi connectivity index (χ1n) is 16.4. The molecule has 10 heteroatoms. The van der Waals surface area contributed by atoms with E-state index in [4.69, 9.17) is 4.74 Å². The number of carbonyl (C=O) groups is 1. The predicted octanol–water partition coefficient (Wildman–Crippen LogP) is 7.44. The molecular formula is C38H36FN5O3S. The second-order valence-corrected chi connectivity index (χ2v) is 14.5. The van der Waals surface area contributed by atoms with E-state index in [0.29, 0.717) is 42.0 Å². The molecule has 4 aromatic carbocycles. The number of fused-ring (bicyclic) bond motifs is 3. The van der Waals surface area contributed by atoms with E-state index >= 15 is 9.00 Å². The van der Waals surface area contributed by atoms with Crippen molar-refractivity contribution in [3.63, 3.8) is 0 Å². The van der Waals surface area contributed by atoms with Gasteiger partial charge in [-0.3, -0.25) is 0 Å². The highest BCUT2D eigenvalue weighted by Crippen LogP contribution is 2.48. The van der Waals surface area contributed by atoms with Gasteiger partial charge in [-0.15, -0.1) is 0 Å². The van der Waals surface area contributed by atoms with E-state index in [9.17, 15) is 9.17 Å². The fraction of sp³-hybridized carbons (Fsp3) is 0.263. The van der Waals surface area contributed by atoms with E-state index in [0.717, 1.165) is 47.9 Å². The summed E-state index contributed by atoms with van der Waals surface area (Å²) in [5.41, 5.74) is 4.74. The number of alkyl halides is 1. The van der Waals surface area contributed by atoms with Gasteiger partial charge in [0.05, 0.1) is 12.8 Å². The Kier molecular flexibility index (Phi) is 7.55. The summed E-state index contributed by atoms with van der Waals surface area (Å²) < 4.78 is 49.3. The van der Waals surface area contributed by atoms with Crippen molar-refractivity contribution in [2.45, 2.75) is 61.7 Å². The maximum atomic E-state index is 15.7. The highest BCUT2D eigenvalue weighted by molar-refractivity contribution is 7.90. The average molecular weight is 662 g/mol. The highest BCUT2D eigenvalue weighted by Gasteiger charge is 2.51. The van der Waals surface area contributed by atoms with Gasteiger partial charge in [-0.2, -0.15) is 5.10 Å². The molecule has 2 atom stereocenters. The van der Waals surface area contributed by atoms with Gasteiger partial charge in [0, 0.05) is 31.5 Å². The van der Waals surface area contributed by atoms with Crippen molar-refractivity contribution in [1.82, 2.24) is 14.1 Å². The Hall–Kier alpha value is -4.96. The standard InChI is InChI=1S/C38H36FN5O3S/c39-31-23-27-22-26-12-10-19-32(26)35(33(27)24-31)42-37(45)44(48(40,46)34-25-41-43-20-11-21-47-36(34)43)38(28-13-4-1-5-14-28,29-15-6-2-7-16-29)30-17-8-3-9-18-30/h1-9,13-18,22,25,31,40H,10-12,19-21,23-24H2,(H,42,45)/t31-,48?/m0/s1. The van der Waals surface area contributed by atoms with E-state index < -0.39 is 27.7 Å². The van der Waals surface area contributed by atoms with Crippen LogP contribution in [0, 0.1) is 4.78 Å². The third kappa shape index (κ3) is 4.80. The fourth-order valence-electron chi connectivity index (χ4n) is 7.79. The predicted molar refractivity (Wildman–Crippen MR) is 182 cm³/mol. The van der Waals surface area contributed by atoms with Crippen molar-refractivity contribution in [1.29, 1.82) is 4.78 Å². The number of urea groups is 1. The van der Waals surface area contributed by atoms with Crippen LogP contribution in [0.15, 0.2) is 108 Å². The molecule has 1 aliphatic heterocycles. The number of carbonyl (C=O) groups excluding carboxylic acids is 1. The van der Waals surface area contributed by atoms with Crippen LogP contribution in [0.4, 0.5) is 14.9 Å². The van der Waals surface area contributed by atoms with Crippen molar-refractivity contribution in [3.05, 3.63) is 142 Å². The lowest BCUT2D eigenvalue weighted by Crippen LogP contribution is -2.55. The van der Waals surface area contributed by atoms with Crippen LogP contribution in [0.5, 0.6) is 5.88 Å². The Bertz CT molecular complexity index is 2010. The highest BCUT2D eigenvalue weighted by atomic mass is 32.2. The Balaban J connectivity index is 1.42. The number of rotatable bonds is 7. The number of benzene rings is 4. The SMILES string of the molecule is N=S(=O)(c1cnn2c1OCCC2)N(C(=O)Nc1c2c(cc3c1C[C@@H](F)C3)CCC2)C(c1ccccc1)(c1ccccc1)c1ccccc1. The lowest BCUT2D eigenvalue weighted by molar-refractivity contribution is 0.215. The van der Waals surface area contributed by atoms with Gasteiger partial charge in [0.1, 0.15) is 16.6 Å². The number of amides is 2. The zero-order valence-corrected chi connectivity index (χ0v) is 27.2. The van der Waals surface area contributed by atoms with Crippen LogP contribution >= 0.6 is 0 Å². The molecular weight excluding hydrogens is 626 g/mol. The molecule has 244 valence electrons. The van der Waals surface area contributed by atoms with Crippen molar-refractivity contribution >= 4 is 21.6 Å². The first-order valence-corrected chi connectivity index (χ1v) is 18.0. The number of nitrogens with zero attached hydrogens (tertiary/aromatic N) is 3. The largest absolute Gasteiger partial charge is 0.477 e. The minimum atomic E-state index is -4.22. The number of ether oxygens (including phenoxy) is 1. The molecule has 5 aromatic rings. The number of aryl methyl sites for hydroxylation is 2. The molecule has 2 heterocycles. The van der Waals surface area contributed by atoms with Crippen LogP contribution < -0.4 is 10.1 Å². The van der Waals surface area contributed by atoms with Gasteiger partial charge in [0.2, 0.25) is 5.88 Å². The van der Waals surface area contributed by atoms with E-state index in [-0.39, 0.29) is 17.2 Å². The molecule has 2 amide bonds.